The maximum absolute atomic E-state index is 9.53. The summed E-state index contributed by atoms with van der Waals surface area (Å²) in [6, 6.07) is 1.30. The average molecular weight is 187 g/mol. The Morgan fingerprint density at radius 2 is 2.33 bits per heavy atom. The standard InChI is InChI=1S/C8H13NO2S/c1-5-2-7(12-4-5)8(11)6(9)3-10/h2,4,6,8,10-11H,3,9H2,1H3/t6-,8-/m0/s1. The Morgan fingerprint density at radius 1 is 1.67 bits per heavy atom. The zero-order valence-electron chi connectivity index (χ0n) is 6.90. The largest absolute Gasteiger partial charge is 0.395 e. The van der Waals surface area contributed by atoms with Crippen LogP contribution in [0, 0.1) is 6.92 Å². The number of hydrogen-bond donors (Lipinski definition) is 3. The lowest BCUT2D eigenvalue weighted by Crippen LogP contribution is -2.31. The van der Waals surface area contributed by atoms with Crippen LogP contribution in [0.4, 0.5) is 0 Å². The van der Waals surface area contributed by atoms with Gasteiger partial charge in [0.2, 0.25) is 0 Å². The van der Waals surface area contributed by atoms with Gasteiger partial charge in [-0.15, -0.1) is 11.3 Å². The molecule has 0 aliphatic heterocycles. The minimum atomic E-state index is -0.742. The molecule has 0 aromatic carbocycles. The zero-order valence-corrected chi connectivity index (χ0v) is 7.71. The Labute approximate surface area is 75.5 Å². The van der Waals surface area contributed by atoms with Crippen molar-refractivity contribution in [1.29, 1.82) is 0 Å². The van der Waals surface area contributed by atoms with Crippen LogP contribution in [0.5, 0.6) is 0 Å². The Hall–Kier alpha value is -0.420. The third-order valence-electron chi connectivity index (χ3n) is 1.66. The van der Waals surface area contributed by atoms with Crippen molar-refractivity contribution in [1.82, 2.24) is 0 Å². The van der Waals surface area contributed by atoms with Crippen LogP contribution in [0.25, 0.3) is 0 Å². The molecule has 0 bridgehead atoms. The highest BCUT2D eigenvalue weighted by Crippen LogP contribution is 2.23. The van der Waals surface area contributed by atoms with Gasteiger partial charge in [-0.25, -0.2) is 0 Å². The van der Waals surface area contributed by atoms with E-state index in [0.717, 1.165) is 10.4 Å². The normalized spacial score (nSPS) is 16.0. The molecule has 68 valence electrons. The molecule has 4 heteroatoms. The highest BCUT2D eigenvalue weighted by atomic mass is 32.1. The number of nitrogens with two attached hydrogens (primary N) is 1. The summed E-state index contributed by atoms with van der Waals surface area (Å²) in [4.78, 5) is 0.814. The van der Waals surface area contributed by atoms with Gasteiger partial charge in [0.25, 0.3) is 0 Å². The number of aliphatic hydroxyl groups excluding tert-OH is 2. The molecule has 0 fully saturated rings. The fourth-order valence-electron chi connectivity index (χ4n) is 0.919. The number of aryl methyl sites for hydroxylation is 1. The molecule has 1 heterocycles. The van der Waals surface area contributed by atoms with E-state index in [0.29, 0.717) is 0 Å². The molecule has 3 nitrogen and oxygen atoms in total. The second-order valence-electron chi connectivity index (χ2n) is 2.82. The maximum atomic E-state index is 9.53. The molecule has 1 aromatic heterocycles. The summed E-state index contributed by atoms with van der Waals surface area (Å²) >= 11 is 1.46. The van der Waals surface area contributed by atoms with E-state index in [1.165, 1.54) is 11.3 Å². The van der Waals surface area contributed by atoms with Gasteiger partial charge in [-0.3, -0.25) is 0 Å². The molecule has 1 aromatic rings. The smallest absolute Gasteiger partial charge is 0.105 e. The van der Waals surface area contributed by atoms with Gasteiger partial charge >= 0.3 is 0 Å². The van der Waals surface area contributed by atoms with Crippen LogP contribution in [-0.4, -0.2) is 22.9 Å². The van der Waals surface area contributed by atoms with Crippen molar-refractivity contribution < 1.29 is 10.2 Å². The molecule has 0 radical (unpaired) electrons. The Bertz CT molecular complexity index is 249. The Morgan fingerprint density at radius 3 is 2.75 bits per heavy atom. The first kappa shape index (κ1) is 9.67. The van der Waals surface area contributed by atoms with Gasteiger partial charge in [0.15, 0.2) is 0 Å². The van der Waals surface area contributed by atoms with E-state index in [1.54, 1.807) is 0 Å². The Balaban J connectivity index is 2.70. The number of aliphatic hydroxyl groups is 2. The van der Waals surface area contributed by atoms with Gasteiger partial charge in [0.1, 0.15) is 6.10 Å². The van der Waals surface area contributed by atoms with Gasteiger partial charge < -0.3 is 15.9 Å². The molecular formula is C8H13NO2S. The van der Waals surface area contributed by atoms with Gasteiger partial charge in [0, 0.05) is 4.88 Å². The number of rotatable bonds is 3. The zero-order chi connectivity index (χ0) is 9.14. The predicted octanol–water partition coefficient (Wildman–Crippen LogP) is 0.410. The van der Waals surface area contributed by atoms with Gasteiger partial charge in [-0.05, 0) is 23.9 Å². The molecule has 0 spiro atoms. The summed E-state index contributed by atoms with van der Waals surface area (Å²) in [7, 11) is 0. The molecule has 0 unspecified atom stereocenters. The van der Waals surface area contributed by atoms with Gasteiger partial charge in [-0.1, -0.05) is 0 Å². The van der Waals surface area contributed by atoms with Crippen LogP contribution in [-0.2, 0) is 0 Å². The topological polar surface area (TPSA) is 66.5 Å². The molecule has 0 aliphatic carbocycles. The van der Waals surface area contributed by atoms with Crippen molar-refractivity contribution in [2.24, 2.45) is 5.73 Å². The van der Waals surface area contributed by atoms with Crippen LogP contribution in [0.1, 0.15) is 16.5 Å². The lowest BCUT2D eigenvalue weighted by molar-refractivity contribution is 0.112. The second kappa shape index (κ2) is 4.00. The third kappa shape index (κ3) is 2.04. The molecular weight excluding hydrogens is 174 g/mol. The van der Waals surface area contributed by atoms with Crippen molar-refractivity contribution in [3.05, 3.63) is 21.9 Å². The third-order valence-corrected chi connectivity index (χ3v) is 2.78. The number of hydrogen-bond acceptors (Lipinski definition) is 4. The van der Waals surface area contributed by atoms with Crippen molar-refractivity contribution in [2.45, 2.75) is 19.1 Å². The molecule has 0 aliphatic rings. The van der Waals surface area contributed by atoms with Crippen LogP contribution in [0.2, 0.25) is 0 Å². The number of thiophene rings is 1. The highest BCUT2D eigenvalue weighted by Gasteiger charge is 2.16. The van der Waals surface area contributed by atoms with E-state index < -0.39 is 12.1 Å². The van der Waals surface area contributed by atoms with Gasteiger partial charge in [-0.2, -0.15) is 0 Å². The minimum absolute atomic E-state index is 0.196. The summed E-state index contributed by atoms with van der Waals surface area (Å²) in [6.45, 7) is 1.76. The second-order valence-corrected chi connectivity index (χ2v) is 3.76. The molecule has 2 atom stereocenters. The summed E-state index contributed by atoms with van der Waals surface area (Å²) in [5.74, 6) is 0. The van der Waals surface area contributed by atoms with Crippen molar-refractivity contribution in [3.63, 3.8) is 0 Å². The van der Waals surface area contributed by atoms with E-state index in [-0.39, 0.29) is 6.61 Å². The summed E-state index contributed by atoms with van der Waals surface area (Å²) in [6.07, 6.45) is -0.742. The van der Waals surface area contributed by atoms with Crippen molar-refractivity contribution in [3.8, 4) is 0 Å². The summed E-state index contributed by atoms with van der Waals surface area (Å²) < 4.78 is 0. The predicted molar refractivity (Wildman–Crippen MR) is 49.1 cm³/mol. The average Bonchev–Trinajstić information content (AvgIpc) is 2.49. The molecule has 0 amide bonds. The lowest BCUT2D eigenvalue weighted by atomic mass is 10.1. The molecule has 12 heavy (non-hydrogen) atoms. The minimum Gasteiger partial charge on any atom is -0.395 e. The SMILES string of the molecule is Cc1csc([C@@H](O)[C@@H](N)CO)c1. The van der Waals surface area contributed by atoms with Crippen LogP contribution >= 0.6 is 11.3 Å². The van der Waals surface area contributed by atoms with Crippen LogP contribution in [0.15, 0.2) is 11.4 Å². The summed E-state index contributed by atoms with van der Waals surface area (Å²) in [5.41, 5.74) is 6.57. The van der Waals surface area contributed by atoms with Gasteiger partial charge in [0.05, 0.1) is 12.6 Å². The first-order chi connectivity index (χ1) is 5.65. The molecule has 4 N–H and O–H groups in total. The highest BCUT2D eigenvalue weighted by molar-refractivity contribution is 7.10. The molecule has 1 rings (SSSR count). The quantitative estimate of drug-likeness (QED) is 0.642. The monoisotopic (exact) mass is 187 g/mol. The Kier molecular flexibility index (Phi) is 3.22. The lowest BCUT2D eigenvalue weighted by Gasteiger charge is -2.14. The van der Waals surface area contributed by atoms with Crippen molar-refractivity contribution in [2.75, 3.05) is 6.61 Å². The first-order valence-electron chi connectivity index (χ1n) is 3.74. The molecule has 0 saturated carbocycles. The fraction of sp³-hybridized carbons (Fsp3) is 0.500. The first-order valence-corrected chi connectivity index (χ1v) is 4.62. The maximum Gasteiger partial charge on any atom is 0.105 e. The molecule has 0 saturated heterocycles. The fourth-order valence-corrected chi connectivity index (χ4v) is 1.88. The van der Waals surface area contributed by atoms with E-state index in [1.807, 2.05) is 18.4 Å². The van der Waals surface area contributed by atoms with E-state index in [4.69, 9.17) is 10.8 Å². The van der Waals surface area contributed by atoms with Crippen LogP contribution in [0.3, 0.4) is 0 Å². The van der Waals surface area contributed by atoms with E-state index in [2.05, 4.69) is 0 Å². The van der Waals surface area contributed by atoms with E-state index in [9.17, 15) is 5.11 Å². The van der Waals surface area contributed by atoms with Crippen LogP contribution < -0.4 is 5.73 Å². The van der Waals surface area contributed by atoms with E-state index >= 15 is 0 Å². The van der Waals surface area contributed by atoms with Crippen molar-refractivity contribution >= 4 is 11.3 Å². The summed E-state index contributed by atoms with van der Waals surface area (Å²) in [5, 5.41) is 20.2.